The number of rotatable bonds is 11. The summed E-state index contributed by atoms with van der Waals surface area (Å²) in [6.07, 6.45) is 2.08. The second-order valence-electron chi connectivity index (χ2n) is 6.71. The number of carbonyl (C=O) groups excluding carboxylic acids is 1. The number of ketones is 1. The number of unbranched alkanes of at least 4 members (excludes halogenated alkanes) is 1. The summed E-state index contributed by atoms with van der Waals surface area (Å²) in [6.45, 7) is 5.50. The van der Waals surface area contributed by atoms with E-state index >= 15 is 0 Å². The Hall–Kier alpha value is -2.80. The smallest absolute Gasteiger partial charge is 0.191 e. The second-order valence-corrected chi connectivity index (χ2v) is 7.65. The molecule has 2 aromatic carbocycles. The minimum absolute atomic E-state index is 0.0547. The first-order chi connectivity index (χ1) is 14.7. The van der Waals surface area contributed by atoms with Crippen LogP contribution in [0.1, 0.15) is 37.0 Å². The minimum atomic E-state index is 0.0547. The standard InChI is InChI=1S/C23H27N3O3S/c1-4-6-15-26-22(18-9-11-19(28-3)12-10-18)24-25-23(26)30-16-21(27)17-7-13-20(14-8-17)29-5-2/h7-14H,4-6,15-16H2,1-3H3. The van der Waals surface area contributed by atoms with Gasteiger partial charge in [-0.3, -0.25) is 4.79 Å². The lowest BCUT2D eigenvalue weighted by Crippen LogP contribution is -2.06. The van der Waals surface area contributed by atoms with Crippen LogP contribution in [0.5, 0.6) is 11.5 Å². The molecule has 0 amide bonds. The predicted molar refractivity (Wildman–Crippen MR) is 120 cm³/mol. The van der Waals surface area contributed by atoms with Crippen LogP contribution in [0.4, 0.5) is 0 Å². The third-order valence-corrected chi connectivity index (χ3v) is 5.59. The van der Waals surface area contributed by atoms with Gasteiger partial charge in [0.15, 0.2) is 16.8 Å². The average molecular weight is 426 g/mol. The van der Waals surface area contributed by atoms with Crippen LogP contribution in [0.3, 0.4) is 0 Å². The lowest BCUT2D eigenvalue weighted by molar-refractivity contribution is 0.102. The summed E-state index contributed by atoms with van der Waals surface area (Å²) >= 11 is 1.42. The number of aromatic nitrogens is 3. The number of nitrogens with zero attached hydrogens (tertiary/aromatic N) is 3. The zero-order valence-electron chi connectivity index (χ0n) is 17.6. The van der Waals surface area contributed by atoms with Crippen LogP contribution < -0.4 is 9.47 Å². The zero-order valence-corrected chi connectivity index (χ0v) is 18.4. The van der Waals surface area contributed by atoms with Crippen LogP contribution in [0.2, 0.25) is 0 Å². The maximum atomic E-state index is 12.6. The fourth-order valence-electron chi connectivity index (χ4n) is 2.98. The van der Waals surface area contributed by atoms with Gasteiger partial charge >= 0.3 is 0 Å². The molecule has 0 aliphatic heterocycles. The van der Waals surface area contributed by atoms with Crippen molar-refractivity contribution in [1.82, 2.24) is 14.8 Å². The zero-order chi connectivity index (χ0) is 21.3. The fourth-order valence-corrected chi connectivity index (χ4v) is 3.84. The Labute approximate surface area is 181 Å². The Morgan fingerprint density at radius 3 is 2.33 bits per heavy atom. The molecule has 3 aromatic rings. The van der Waals surface area contributed by atoms with Crippen molar-refractivity contribution in [2.24, 2.45) is 0 Å². The van der Waals surface area contributed by atoms with Gasteiger partial charge in [-0.05, 0) is 61.9 Å². The molecule has 0 atom stereocenters. The highest BCUT2D eigenvalue weighted by atomic mass is 32.2. The van der Waals surface area contributed by atoms with Crippen molar-refractivity contribution < 1.29 is 14.3 Å². The van der Waals surface area contributed by atoms with Crippen molar-refractivity contribution in [3.05, 3.63) is 54.1 Å². The molecular weight excluding hydrogens is 398 g/mol. The summed E-state index contributed by atoms with van der Waals surface area (Å²) in [7, 11) is 1.65. The molecule has 0 aliphatic rings. The van der Waals surface area contributed by atoms with Crippen molar-refractivity contribution in [3.63, 3.8) is 0 Å². The molecule has 1 aromatic heterocycles. The van der Waals surface area contributed by atoms with Gasteiger partial charge in [0.05, 0.1) is 19.5 Å². The number of methoxy groups -OCH3 is 1. The normalized spacial score (nSPS) is 10.8. The summed E-state index contributed by atoms with van der Waals surface area (Å²) in [5.74, 6) is 2.74. The summed E-state index contributed by atoms with van der Waals surface area (Å²) in [5, 5.41) is 9.52. The summed E-state index contributed by atoms with van der Waals surface area (Å²) in [4.78, 5) is 12.6. The number of hydrogen-bond acceptors (Lipinski definition) is 6. The first-order valence-corrected chi connectivity index (χ1v) is 11.1. The molecule has 0 spiro atoms. The average Bonchev–Trinajstić information content (AvgIpc) is 3.19. The molecular formula is C23H27N3O3S. The highest BCUT2D eigenvalue weighted by Crippen LogP contribution is 2.27. The number of benzene rings is 2. The van der Waals surface area contributed by atoms with Crippen LogP contribution in [0.15, 0.2) is 53.7 Å². The Bertz CT molecular complexity index is 953. The van der Waals surface area contributed by atoms with Crippen LogP contribution in [-0.4, -0.2) is 40.0 Å². The lowest BCUT2D eigenvalue weighted by atomic mass is 10.1. The molecule has 0 unspecified atom stereocenters. The van der Waals surface area contributed by atoms with E-state index in [-0.39, 0.29) is 5.78 Å². The molecule has 0 fully saturated rings. The lowest BCUT2D eigenvalue weighted by Gasteiger charge is -2.10. The molecule has 7 heteroatoms. The van der Waals surface area contributed by atoms with Crippen molar-refractivity contribution >= 4 is 17.5 Å². The molecule has 0 aliphatic carbocycles. The monoisotopic (exact) mass is 425 g/mol. The number of Topliss-reactive ketones (excluding diaryl/α,β-unsaturated/α-hetero) is 1. The topological polar surface area (TPSA) is 66.2 Å². The second kappa shape index (κ2) is 10.8. The van der Waals surface area contributed by atoms with Gasteiger partial charge in [0.25, 0.3) is 0 Å². The Morgan fingerprint density at radius 2 is 1.70 bits per heavy atom. The molecule has 158 valence electrons. The number of carbonyl (C=O) groups is 1. The van der Waals surface area contributed by atoms with Gasteiger partial charge in [0.2, 0.25) is 0 Å². The van der Waals surface area contributed by atoms with Crippen LogP contribution in [0.25, 0.3) is 11.4 Å². The molecule has 0 N–H and O–H groups in total. The highest BCUT2D eigenvalue weighted by molar-refractivity contribution is 7.99. The minimum Gasteiger partial charge on any atom is -0.497 e. The molecule has 0 radical (unpaired) electrons. The van der Waals surface area contributed by atoms with Crippen molar-refractivity contribution in [1.29, 1.82) is 0 Å². The van der Waals surface area contributed by atoms with Gasteiger partial charge in [0.1, 0.15) is 11.5 Å². The summed E-state index contributed by atoms with van der Waals surface area (Å²) in [5.41, 5.74) is 1.64. The SMILES string of the molecule is CCCCn1c(SCC(=O)c2ccc(OCC)cc2)nnc1-c1ccc(OC)cc1. The van der Waals surface area contributed by atoms with Gasteiger partial charge in [0, 0.05) is 17.7 Å². The van der Waals surface area contributed by atoms with E-state index in [4.69, 9.17) is 9.47 Å². The first-order valence-electron chi connectivity index (χ1n) is 10.1. The summed E-state index contributed by atoms with van der Waals surface area (Å²) < 4.78 is 12.8. The quantitative estimate of drug-likeness (QED) is 0.313. The van der Waals surface area contributed by atoms with E-state index in [1.165, 1.54) is 11.8 Å². The van der Waals surface area contributed by atoms with E-state index in [0.717, 1.165) is 47.4 Å². The molecule has 3 rings (SSSR count). The third kappa shape index (κ3) is 5.42. The van der Waals surface area contributed by atoms with E-state index in [1.54, 1.807) is 19.2 Å². The van der Waals surface area contributed by atoms with E-state index < -0.39 is 0 Å². The van der Waals surface area contributed by atoms with Gasteiger partial charge < -0.3 is 14.0 Å². The molecule has 30 heavy (non-hydrogen) atoms. The van der Waals surface area contributed by atoms with Gasteiger partial charge in [-0.2, -0.15) is 0 Å². The van der Waals surface area contributed by atoms with E-state index in [0.29, 0.717) is 17.9 Å². The first kappa shape index (κ1) is 21.9. The fraction of sp³-hybridized carbons (Fsp3) is 0.348. The number of hydrogen-bond donors (Lipinski definition) is 0. The van der Waals surface area contributed by atoms with Crippen molar-refractivity contribution in [2.45, 2.75) is 38.4 Å². The van der Waals surface area contributed by atoms with Crippen LogP contribution in [0, 0.1) is 0 Å². The van der Waals surface area contributed by atoms with Gasteiger partial charge in [-0.1, -0.05) is 25.1 Å². The highest BCUT2D eigenvalue weighted by Gasteiger charge is 2.16. The number of ether oxygens (including phenoxy) is 2. The molecule has 0 saturated carbocycles. The third-order valence-electron chi connectivity index (χ3n) is 4.62. The predicted octanol–water partition coefficient (Wildman–Crippen LogP) is 5.13. The Balaban J connectivity index is 1.74. The number of thioether (sulfide) groups is 1. The van der Waals surface area contributed by atoms with Crippen LogP contribution >= 0.6 is 11.8 Å². The molecule has 0 saturated heterocycles. The van der Waals surface area contributed by atoms with E-state index in [1.807, 2.05) is 43.3 Å². The van der Waals surface area contributed by atoms with Gasteiger partial charge in [-0.15, -0.1) is 10.2 Å². The Morgan fingerprint density at radius 1 is 1.00 bits per heavy atom. The maximum Gasteiger partial charge on any atom is 0.191 e. The van der Waals surface area contributed by atoms with E-state index in [9.17, 15) is 4.79 Å². The van der Waals surface area contributed by atoms with Crippen LogP contribution in [-0.2, 0) is 6.54 Å². The largest absolute Gasteiger partial charge is 0.497 e. The van der Waals surface area contributed by atoms with Crippen molar-refractivity contribution in [2.75, 3.05) is 19.5 Å². The summed E-state index contributed by atoms with van der Waals surface area (Å²) in [6, 6.07) is 15.0. The van der Waals surface area contributed by atoms with Crippen molar-refractivity contribution in [3.8, 4) is 22.9 Å². The Kier molecular flexibility index (Phi) is 7.90. The van der Waals surface area contributed by atoms with Gasteiger partial charge in [-0.25, -0.2) is 0 Å². The molecule has 0 bridgehead atoms. The maximum absolute atomic E-state index is 12.6. The molecule has 6 nitrogen and oxygen atoms in total. The van der Waals surface area contributed by atoms with E-state index in [2.05, 4.69) is 21.7 Å². The molecule has 1 heterocycles.